The van der Waals surface area contributed by atoms with Crippen molar-refractivity contribution in [1.29, 1.82) is 0 Å². The van der Waals surface area contributed by atoms with E-state index in [-0.39, 0.29) is 17.4 Å². The molecule has 2 rings (SSSR count). The second-order valence-corrected chi connectivity index (χ2v) is 6.93. The van der Waals surface area contributed by atoms with Crippen LogP contribution in [0.25, 0.3) is 0 Å². The number of nitrogens with zero attached hydrogens (tertiary/aromatic N) is 1. The summed E-state index contributed by atoms with van der Waals surface area (Å²) in [5.74, 6) is -0.427. The van der Waals surface area contributed by atoms with Crippen LogP contribution in [-0.2, 0) is 10.0 Å². The zero-order valence-electron chi connectivity index (χ0n) is 11.0. The Labute approximate surface area is 112 Å². The van der Waals surface area contributed by atoms with E-state index in [4.69, 9.17) is 0 Å². The summed E-state index contributed by atoms with van der Waals surface area (Å²) in [4.78, 5) is -0.0526. The van der Waals surface area contributed by atoms with E-state index in [0.29, 0.717) is 18.5 Å². The number of aliphatic hydroxyl groups excluding tert-OH is 1. The highest BCUT2D eigenvalue weighted by Crippen LogP contribution is 2.30. The van der Waals surface area contributed by atoms with Gasteiger partial charge < -0.3 is 5.11 Å². The third kappa shape index (κ3) is 2.52. The summed E-state index contributed by atoms with van der Waals surface area (Å²) in [6.07, 6.45) is 0.707. The second-order valence-electron chi connectivity index (χ2n) is 5.04. The molecule has 0 bridgehead atoms. The number of hydrogen-bond donors (Lipinski definition) is 1. The van der Waals surface area contributed by atoms with Crippen LogP contribution < -0.4 is 0 Å². The molecule has 1 aromatic rings. The van der Waals surface area contributed by atoms with Gasteiger partial charge in [-0.15, -0.1) is 0 Å². The van der Waals surface area contributed by atoms with E-state index in [1.54, 1.807) is 6.92 Å². The molecule has 0 aliphatic carbocycles. The second kappa shape index (κ2) is 5.19. The molecule has 19 heavy (non-hydrogen) atoms. The van der Waals surface area contributed by atoms with Gasteiger partial charge in [-0.25, -0.2) is 12.8 Å². The van der Waals surface area contributed by atoms with Gasteiger partial charge in [-0.2, -0.15) is 4.31 Å². The van der Waals surface area contributed by atoms with Crippen molar-refractivity contribution in [3.8, 4) is 0 Å². The maximum Gasteiger partial charge on any atom is 0.243 e. The molecular formula is C13H18FNO3S. The van der Waals surface area contributed by atoms with E-state index in [9.17, 15) is 17.9 Å². The number of benzene rings is 1. The number of aliphatic hydroxyl groups is 1. The minimum Gasteiger partial charge on any atom is -0.395 e. The molecule has 2 atom stereocenters. The smallest absolute Gasteiger partial charge is 0.243 e. The van der Waals surface area contributed by atoms with Crippen LogP contribution in [0.4, 0.5) is 4.39 Å². The molecule has 0 radical (unpaired) electrons. The molecule has 1 saturated heterocycles. The van der Waals surface area contributed by atoms with Gasteiger partial charge in [-0.3, -0.25) is 0 Å². The van der Waals surface area contributed by atoms with Crippen LogP contribution in [0.5, 0.6) is 0 Å². The Kier molecular flexibility index (Phi) is 3.94. The molecule has 6 heteroatoms. The standard InChI is InChI=1S/C13H18FNO3S/c1-9-3-4-11(7-12(9)14)19(17,18)15-6-5-10(2)13(15)8-16/h3-4,7,10,13,16H,5-6,8H2,1-2H3. The molecule has 1 aliphatic rings. The predicted molar refractivity (Wildman–Crippen MR) is 69.7 cm³/mol. The molecule has 1 fully saturated rings. The minimum absolute atomic E-state index is 0.0526. The largest absolute Gasteiger partial charge is 0.395 e. The monoisotopic (exact) mass is 287 g/mol. The Bertz CT molecular complexity index is 573. The molecule has 0 saturated carbocycles. The topological polar surface area (TPSA) is 57.6 Å². The van der Waals surface area contributed by atoms with Crippen LogP contribution in [0.15, 0.2) is 23.1 Å². The first-order chi connectivity index (χ1) is 8.87. The Morgan fingerprint density at radius 3 is 2.74 bits per heavy atom. The van der Waals surface area contributed by atoms with Gasteiger partial charge in [0.1, 0.15) is 5.82 Å². The van der Waals surface area contributed by atoms with Crippen LogP contribution in [0, 0.1) is 18.7 Å². The first-order valence-corrected chi connectivity index (χ1v) is 7.70. The van der Waals surface area contributed by atoms with E-state index < -0.39 is 21.9 Å². The van der Waals surface area contributed by atoms with Crippen molar-refractivity contribution in [1.82, 2.24) is 4.31 Å². The van der Waals surface area contributed by atoms with Crippen molar-refractivity contribution in [2.75, 3.05) is 13.2 Å². The zero-order chi connectivity index (χ0) is 14.2. The zero-order valence-corrected chi connectivity index (χ0v) is 11.8. The summed E-state index contributed by atoms with van der Waals surface area (Å²) in [5.41, 5.74) is 0.410. The van der Waals surface area contributed by atoms with Crippen molar-refractivity contribution in [3.63, 3.8) is 0 Å². The third-order valence-electron chi connectivity index (χ3n) is 3.77. The van der Waals surface area contributed by atoms with Crippen LogP contribution in [-0.4, -0.2) is 37.0 Å². The SMILES string of the molecule is Cc1ccc(S(=O)(=O)N2CCC(C)C2CO)cc1F. The molecule has 1 aromatic carbocycles. The van der Waals surface area contributed by atoms with Crippen LogP contribution in [0.1, 0.15) is 18.9 Å². The molecular weight excluding hydrogens is 269 g/mol. The Morgan fingerprint density at radius 1 is 1.47 bits per heavy atom. The minimum atomic E-state index is -3.74. The molecule has 1 heterocycles. The molecule has 4 nitrogen and oxygen atoms in total. The van der Waals surface area contributed by atoms with Crippen LogP contribution >= 0.6 is 0 Å². The highest BCUT2D eigenvalue weighted by molar-refractivity contribution is 7.89. The van der Waals surface area contributed by atoms with Crippen molar-refractivity contribution < 1.29 is 17.9 Å². The Hall–Kier alpha value is -0.980. The van der Waals surface area contributed by atoms with Crippen molar-refractivity contribution in [2.24, 2.45) is 5.92 Å². The third-order valence-corrected chi connectivity index (χ3v) is 5.69. The molecule has 1 aliphatic heterocycles. The average Bonchev–Trinajstić information content (AvgIpc) is 2.74. The lowest BCUT2D eigenvalue weighted by Gasteiger charge is -2.24. The number of halogens is 1. The van der Waals surface area contributed by atoms with Gasteiger partial charge in [0.25, 0.3) is 0 Å². The summed E-state index contributed by atoms with van der Waals surface area (Å²) >= 11 is 0. The first-order valence-electron chi connectivity index (χ1n) is 6.26. The number of sulfonamides is 1. The van der Waals surface area contributed by atoms with Crippen molar-refractivity contribution >= 4 is 10.0 Å². The quantitative estimate of drug-likeness (QED) is 0.917. The summed E-state index contributed by atoms with van der Waals surface area (Å²) < 4.78 is 39.7. The average molecular weight is 287 g/mol. The Balaban J connectivity index is 2.39. The lowest BCUT2D eigenvalue weighted by atomic mass is 10.0. The van der Waals surface area contributed by atoms with Crippen molar-refractivity contribution in [2.45, 2.75) is 31.2 Å². The highest BCUT2D eigenvalue weighted by atomic mass is 32.2. The van der Waals surface area contributed by atoms with Gasteiger partial charge in [0, 0.05) is 6.54 Å². The van der Waals surface area contributed by atoms with E-state index in [2.05, 4.69) is 0 Å². The maximum absolute atomic E-state index is 13.5. The maximum atomic E-state index is 13.5. The fourth-order valence-electron chi connectivity index (χ4n) is 2.41. The van der Waals surface area contributed by atoms with E-state index >= 15 is 0 Å². The molecule has 0 aromatic heterocycles. The van der Waals surface area contributed by atoms with Crippen LogP contribution in [0.2, 0.25) is 0 Å². The van der Waals surface area contributed by atoms with Gasteiger partial charge in [-0.1, -0.05) is 13.0 Å². The molecule has 0 amide bonds. The Morgan fingerprint density at radius 2 is 2.16 bits per heavy atom. The fourth-order valence-corrected chi connectivity index (χ4v) is 4.15. The molecule has 0 spiro atoms. The molecule has 2 unspecified atom stereocenters. The van der Waals surface area contributed by atoms with E-state index in [0.717, 1.165) is 6.07 Å². The van der Waals surface area contributed by atoms with Gasteiger partial charge in [0.15, 0.2) is 0 Å². The van der Waals surface area contributed by atoms with E-state index in [1.807, 2.05) is 6.92 Å². The number of hydrogen-bond acceptors (Lipinski definition) is 3. The summed E-state index contributed by atoms with van der Waals surface area (Å²) in [5, 5.41) is 9.34. The summed E-state index contributed by atoms with van der Waals surface area (Å²) in [6.45, 7) is 3.64. The molecule has 1 N–H and O–H groups in total. The van der Waals surface area contributed by atoms with Gasteiger partial charge in [0.05, 0.1) is 17.5 Å². The van der Waals surface area contributed by atoms with E-state index in [1.165, 1.54) is 16.4 Å². The van der Waals surface area contributed by atoms with Gasteiger partial charge >= 0.3 is 0 Å². The molecule has 106 valence electrons. The van der Waals surface area contributed by atoms with Gasteiger partial charge in [0.2, 0.25) is 10.0 Å². The lowest BCUT2D eigenvalue weighted by Crippen LogP contribution is -2.39. The van der Waals surface area contributed by atoms with Crippen LogP contribution in [0.3, 0.4) is 0 Å². The first kappa shape index (κ1) is 14.4. The van der Waals surface area contributed by atoms with Gasteiger partial charge in [-0.05, 0) is 37.0 Å². The van der Waals surface area contributed by atoms with Crippen molar-refractivity contribution in [3.05, 3.63) is 29.6 Å². The normalized spacial score (nSPS) is 24.8. The number of aryl methyl sites for hydroxylation is 1. The lowest BCUT2D eigenvalue weighted by molar-refractivity contribution is 0.191. The summed E-state index contributed by atoms with van der Waals surface area (Å²) in [6, 6.07) is 3.48. The number of rotatable bonds is 3. The fraction of sp³-hybridized carbons (Fsp3) is 0.538. The highest BCUT2D eigenvalue weighted by Gasteiger charge is 2.39. The summed E-state index contributed by atoms with van der Waals surface area (Å²) in [7, 11) is -3.74. The predicted octanol–water partition coefficient (Wildman–Crippen LogP) is 1.53.